The predicted octanol–water partition coefficient (Wildman–Crippen LogP) is 1.75. The van der Waals surface area contributed by atoms with Gasteiger partial charge in [0.05, 0.1) is 6.10 Å². The van der Waals surface area contributed by atoms with Gasteiger partial charge in [-0.25, -0.2) is 4.52 Å². The molecule has 0 spiro atoms. The summed E-state index contributed by atoms with van der Waals surface area (Å²) >= 11 is 0. The number of aryl methyl sites for hydroxylation is 1. The Hall–Kier alpha value is -1.62. The Morgan fingerprint density at radius 1 is 1.33 bits per heavy atom. The largest absolute Gasteiger partial charge is 0.393 e. The maximum Gasteiger partial charge on any atom is 0.243 e. The molecule has 1 fully saturated rings. The molecule has 2 aromatic heterocycles. The van der Waals surface area contributed by atoms with Crippen molar-refractivity contribution in [2.24, 2.45) is 0 Å². The highest BCUT2D eigenvalue weighted by atomic mass is 16.3. The summed E-state index contributed by atoms with van der Waals surface area (Å²) in [4.78, 5) is 4.50. The molecule has 5 nitrogen and oxygen atoms in total. The summed E-state index contributed by atoms with van der Waals surface area (Å²) in [6.07, 6.45) is 5.48. The van der Waals surface area contributed by atoms with E-state index < -0.39 is 0 Å². The number of hydrogen-bond acceptors (Lipinski definition) is 4. The monoisotopic (exact) mass is 246 g/mol. The van der Waals surface area contributed by atoms with Gasteiger partial charge in [0.2, 0.25) is 5.95 Å². The number of nitrogens with zero attached hydrogens (tertiary/aromatic N) is 3. The van der Waals surface area contributed by atoms with Crippen LogP contribution in [0, 0.1) is 6.92 Å². The highest BCUT2D eigenvalue weighted by Gasteiger charge is 2.20. The van der Waals surface area contributed by atoms with E-state index in [1.54, 1.807) is 4.52 Å². The summed E-state index contributed by atoms with van der Waals surface area (Å²) in [5.74, 6) is 0.686. The molecular weight excluding hydrogens is 228 g/mol. The van der Waals surface area contributed by atoms with Crippen molar-refractivity contribution in [3.8, 4) is 0 Å². The van der Waals surface area contributed by atoms with Crippen molar-refractivity contribution < 1.29 is 5.11 Å². The standard InChI is InChI=1S/C13H18N4O/c1-9-3-2-8-17-12(9)15-13(16-17)14-10-4-6-11(18)7-5-10/h2-3,8,10-11,18H,4-7H2,1H3,(H,14,16). The lowest BCUT2D eigenvalue weighted by Gasteiger charge is -2.25. The van der Waals surface area contributed by atoms with E-state index in [0.717, 1.165) is 36.9 Å². The molecule has 0 aromatic carbocycles. The molecular formula is C13H18N4O. The van der Waals surface area contributed by atoms with Crippen molar-refractivity contribution in [1.29, 1.82) is 0 Å². The highest BCUT2D eigenvalue weighted by Crippen LogP contribution is 2.21. The van der Waals surface area contributed by atoms with Crippen LogP contribution in [0.25, 0.3) is 5.65 Å². The number of anilines is 1. The molecule has 2 N–H and O–H groups in total. The number of hydrogen-bond donors (Lipinski definition) is 2. The molecule has 2 heterocycles. The lowest BCUT2D eigenvalue weighted by molar-refractivity contribution is 0.126. The zero-order valence-electron chi connectivity index (χ0n) is 10.5. The lowest BCUT2D eigenvalue weighted by atomic mass is 9.93. The molecule has 1 aliphatic rings. The van der Waals surface area contributed by atoms with Crippen LogP contribution < -0.4 is 5.32 Å². The number of rotatable bonds is 2. The molecule has 96 valence electrons. The van der Waals surface area contributed by atoms with Gasteiger partial charge in [0, 0.05) is 12.2 Å². The molecule has 0 amide bonds. The van der Waals surface area contributed by atoms with E-state index >= 15 is 0 Å². The average Bonchev–Trinajstić information content (AvgIpc) is 2.76. The van der Waals surface area contributed by atoms with Crippen LogP contribution in [0.4, 0.5) is 5.95 Å². The second kappa shape index (κ2) is 4.57. The minimum atomic E-state index is -0.126. The first kappa shape index (κ1) is 11.5. The topological polar surface area (TPSA) is 62.5 Å². The van der Waals surface area contributed by atoms with Gasteiger partial charge in [0.25, 0.3) is 0 Å². The minimum Gasteiger partial charge on any atom is -0.393 e. The van der Waals surface area contributed by atoms with Crippen molar-refractivity contribution in [1.82, 2.24) is 14.6 Å². The first-order chi connectivity index (χ1) is 8.72. The van der Waals surface area contributed by atoms with E-state index in [0.29, 0.717) is 12.0 Å². The molecule has 1 saturated carbocycles. The van der Waals surface area contributed by atoms with Crippen LogP contribution in [-0.4, -0.2) is 31.9 Å². The quantitative estimate of drug-likeness (QED) is 0.847. The van der Waals surface area contributed by atoms with Crippen LogP contribution in [-0.2, 0) is 0 Å². The van der Waals surface area contributed by atoms with Gasteiger partial charge in [-0.3, -0.25) is 0 Å². The van der Waals surface area contributed by atoms with Crippen molar-refractivity contribution in [2.45, 2.75) is 44.8 Å². The van der Waals surface area contributed by atoms with Gasteiger partial charge in [-0.15, -0.1) is 5.10 Å². The Morgan fingerprint density at radius 2 is 2.11 bits per heavy atom. The third-order valence-corrected chi connectivity index (χ3v) is 3.59. The third-order valence-electron chi connectivity index (χ3n) is 3.59. The van der Waals surface area contributed by atoms with E-state index in [1.807, 2.05) is 25.3 Å². The van der Waals surface area contributed by atoms with E-state index in [2.05, 4.69) is 15.4 Å². The van der Waals surface area contributed by atoms with Gasteiger partial charge in [-0.05, 0) is 44.2 Å². The normalized spacial score (nSPS) is 24.3. The molecule has 5 heteroatoms. The van der Waals surface area contributed by atoms with Crippen LogP contribution in [0.2, 0.25) is 0 Å². The number of aromatic nitrogens is 3. The van der Waals surface area contributed by atoms with Crippen molar-refractivity contribution in [3.05, 3.63) is 23.9 Å². The van der Waals surface area contributed by atoms with Gasteiger partial charge < -0.3 is 10.4 Å². The van der Waals surface area contributed by atoms with Crippen LogP contribution >= 0.6 is 0 Å². The average molecular weight is 246 g/mol. The van der Waals surface area contributed by atoms with Gasteiger partial charge in [0.1, 0.15) is 0 Å². The first-order valence-corrected chi connectivity index (χ1v) is 6.49. The fourth-order valence-electron chi connectivity index (χ4n) is 2.50. The molecule has 0 atom stereocenters. The van der Waals surface area contributed by atoms with E-state index in [-0.39, 0.29) is 6.10 Å². The molecule has 2 aromatic rings. The molecule has 0 saturated heterocycles. The molecule has 1 aliphatic carbocycles. The van der Waals surface area contributed by atoms with E-state index in [4.69, 9.17) is 0 Å². The Labute approximate surface area is 106 Å². The summed E-state index contributed by atoms with van der Waals surface area (Å²) in [7, 11) is 0. The van der Waals surface area contributed by atoms with E-state index in [9.17, 15) is 5.11 Å². The summed E-state index contributed by atoms with van der Waals surface area (Å²) in [6, 6.07) is 4.38. The molecule has 18 heavy (non-hydrogen) atoms. The van der Waals surface area contributed by atoms with Crippen LogP contribution in [0.15, 0.2) is 18.3 Å². The van der Waals surface area contributed by atoms with Crippen LogP contribution in [0.1, 0.15) is 31.2 Å². The molecule has 0 radical (unpaired) electrons. The Balaban J connectivity index is 1.77. The fraction of sp³-hybridized carbons (Fsp3) is 0.538. The smallest absolute Gasteiger partial charge is 0.243 e. The van der Waals surface area contributed by atoms with E-state index in [1.165, 1.54) is 0 Å². The number of pyridine rings is 1. The molecule has 0 unspecified atom stereocenters. The van der Waals surface area contributed by atoms with Crippen molar-refractivity contribution in [2.75, 3.05) is 5.32 Å². The summed E-state index contributed by atoms with van der Waals surface area (Å²) in [5.41, 5.74) is 2.02. The number of aliphatic hydroxyl groups is 1. The van der Waals surface area contributed by atoms with Crippen molar-refractivity contribution in [3.63, 3.8) is 0 Å². The zero-order chi connectivity index (χ0) is 12.5. The Morgan fingerprint density at radius 3 is 2.83 bits per heavy atom. The minimum absolute atomic E-state index is 0.126. The fourth-order valence-corrected chi connectivity index (χ4v) is 2.50. The Bertz CT molecular complexity index is 543. The van der Waals surface area contributed by atoms with Gasteiger partial charge in [-0.1, -0.05) is 6.07 Å². The van der Waals surface area contributed by atoms with Crippen LogP contribution in [0.5, 0.6) is 0 Å². The van der Waals surface area contributed by atoms with Gasteiger partial charge >= 0.3 is 0 Å². The van der Waals surface area contributed by atoms with Gasteiger partial charge in [0.15, 0.2) is 5.65 Å². The maximum atomic E-state index is 9.48. The summed E-state index contributed by atoms with van der Waals surface area (Å²) in [6.45, 7) is 2.03. The van der Waals surface area contributed by atoms with Crippen LogP contribution in [0.3, 0.4) is 0 Å². The maximum absolute atomic E-state index is 9.48. The summed E-state index contributed by atoms with van der Waals surface area (Å²) < 4.78 is 1.80. The second-order valence-corrected chi connectivity index (χ2v) is 5.04. The molecule has 3 rings (SSSR count). The molecule has 0 bridgehead atoms. The SMILES string of the molecule is Cc1cccn2nc(NC3CCC(O)CC3)nc12. The zero-order valence-corrected chi connectivity index (χ0v) is 10.5. The lowest BCUT2D eigenvalue weighted by Crippen LogP contribution is -2.28. The first-order valence-electron chi connectivity index (χ1n) is 6.49. The third kappa shape index (κ3) is 2.18. The predicted molar refractivity (Wildman–Crippen MR) is 69.6 cm³/mol. The number of aliphatic hydroxyl groups excluding tert-OH is 1. The number of nitrogens with one attached hydrogen (secondary N) is 1. The Kier molecular flexibility index (Phi) is 2.91. The van der Waals surface area contributed by atoms with Crippen molar-refractivity contribution >= 4 is 11.6 Å². The second-order valence-electron chi connectivity index (χ2n) is 5.04. The number of fused-ring (bicyclic) bond motifs is 1. The highest BCUT2D eigenvalue weighted by molar-refractivity contribution is 5.49. The molecule has 0 aliphatic heterocycles. The van der Waals surface area contributed by atoms with Gasteiger partial charge in [-0.2, -0.15) is 4.98 Å². The summed E-state index contributed by atoms with van der Waals surface area (Å²) in [5, 5.41) is 17.3.